The minimum atomic E-state index is -0.305. The lowest BCUT2D eigenvalue weighted by Gasteiger charge is -1.91. The molecule has 0 aliphatic heterocycles. The van der Waals surface area contributed by atoms with Gasteiger partial charge in [0.15, 0.2) is 5.58 Å². The van der Waals surface area contributed by atoms with E-state index in [9.17, 15) is 4.39 Å². The Morgan fingerprint density at radius 1 is 1.00 bits per heavy atom. The van der Waals surface area contributed by atoms with Crippen LogP contribution in [0.5, 0.6) is 0 Å². The van der Waals surface area contributed by atoms with E-state index < -0.39 is 0 Å². The summed E-state index contributed by atoms with van der Waals surface area (Å²) in [7, 11) is 0. The SMILES string of the molecule is Fc1ccc2oc(-c3ccccc3)nc2c1. The molecule has 0 aliphatic rings. The van der Waals surface area contributed by atoms with E-state index in [1.54, 1.807) is 6.07 Å². The van der Waals surface area contributed by atoms with Gasteiger partial charge in [0.05, 0.1) is 0 Å². The van der Waals surface area contributed by atoms with Crippen molar-refractivity contribution in [3.63, 3.8) is 0 Å². The van der Waals surface area contributed by atoms with Gasteiger partial charge in [-0.25, -0.2) is 9.37 Å². The second kappa shape index (κ2) is 3.45. The third kappa shape index (κ3) is 1.46. The van der Waals surface area contributed by atoms with Crippen molar-refractivity contribution in [3.05, 3.63) is 54.3 Å². The zero-order valence-electron chi connectivity index (χ0n) is 8.35. The number of aromatic nitrogens is 1. The van der Waals surface area contributed by atoms with Gasteiger partial charge in [0, 0.05) is 11.6 Å². The molecule has 0 saturated carbocycles. The van der Waals surface area contributed by atoms with Crippen molar-refractivity contribution in [1.29, 1.82) is 0 Å². The molecule has 0 unspecified atom stereocenters. The molecule has 3 rings (SSSR count). The van der Waals surface area contributed by atoms with E-state index in [-0.39, 0.29) is 5.82 Å². The van der Waals surface area contributed by atoms with Crippen molar-refractivity contribution in [3.8, 4) is 11.5 Å². The van der Waals surface area contributed by atoms with Crippen molar-refractivity contribution < 1.29 is 8.81 Å². The van der Waals surface area contributed by atoms with E-state index in [1.807, 2.05) is 30.3 Å². The van der Waals surface area contributed by atoms with Gasteiger partial charge in [0.2, 0.25) is 5.89 Å². The average Bonchev–Trinajstić information content (AvgIpc) is 2.73. The Bertz CT molecular complexity index is 631. The van der Waals surface area contributed by atoms with Gasteiger partial charge in [0.1, 0.15) is 11.3 Å². The topological polar surface area (TPSA) is 26.0 Å². The van der Waals surface area contributed by atoms with Crippen LogP contribution >= 0.6 is 0 Å². The molecular weight excluding hydrogens is 205 g/mol. The first-order valence-electron chi connectivity index (χ1n) is 4.94. The van der Waals surface area contributed by atoms with E-state index in [0.29, 0.717) is 17.0 Å². The Morgan fingerprint density at radius 3 is 2.62 bits per heavy atom. The van der Waals surface area contributed by atoms with Gasteiger partial charge < -0.3 is 4.42 Å². The molecule has 2 aromatic carbocycles. The Morgan fingerprint density at radius 2 is 1.81 bits per heavy atom. The standard InChI is InChI=1S/C13H8FNO/c14-10-6-7-12-11(8-10)15-13(16-12)9-4-2-1-3-5-9/h1-8H. The van der Waals surface area contributed by atoms with E-state index in [4.69, 9.17) is 4.42 Å². The van der Waals surface area contributed by atoms with Crippen LogP contribution in [0, 0.1) is 5.82 Å². The van der Waals surface area contributed by atoms with Crippen molar-refractivity contribution in [2.75, 3.05) is 0 Å². The molecule has 0 aliphatic carbocycles. The molecule has 0 saturated heterocycles. The summed E-state index contributed by atoms with van der Waals surface area (Å²) in [5.74, 6) is 0.210. The second-order valence-electron chi connectivity index (χ2n) is 3.50. The lowest BCUT2D eigenvalue weighted by Crippen LogP contribution is -1.75. The van der Waals surface area contributed by atoms with Crippen LogP contribution in [0.1, 0.15) is 0 Å². The quantitative estimate of drug-likeness (QED) is 0.616. The van der Waals surface area contributed by atoms with Gasteiger partial charge in [0.25, 0.3) is 0 Å². The summed E-state index contributed by atoms with van der Waals surface area (Å²) < 4.78 is 18.5. The van der Waals surface area contributed by atoms with Crippen LogP contribution in [-0.2, 0) is 0 Å². The van der Waals surface area contributed by atoms with Crippen molar-refractivity contribution in [1.82, 2.24) is 4.98 Å². The van der Waals surface area contributed by atoms with Gasteiger partial charge >= 0.3 is 0 Å². The smallest absolute Gasteiger partial charge is 0.227 e. The van der Waals surface area contributed by atoms with E-state index >= 15 is 0 Å². The largest absolute Gasteiger partial charge is 0.436 e. The number of nitrogens with zero attached hydrogens (tertiary/aromatic N) is 1. The molecule has 0 N–H and O–H groups in total. The Kier molecular flexibility index (Phi) is 1.96. The third-order valence-electron chi connectivity index (χ3n) is 2.37. The maximum absolute atomic E-state index is 13.0. The van der Waals surface area contributed by atoms with Crippen molar-refractivity contribution in [2.24, 2.45) is 0 Å². The normalized spacial score (nSPS) is 10.8. The highest BCUT2D eigenvalue weighted by atomic mass is 19.1. The number of fused-ring (bicyclic) bond motifs is 1. The maximum Gasteiger partial charge on any atom is 0.227 e. The van der Waals surface area contributed by atoms with Crippen LogP contribution in [0.3, 0.4) is 0 Å². The Labute approximate surface area is 91.3 Å². The molecule has 16 heavy (non-hydrogen) atoms. The number of hydrogen-bond donors (Lipinski definition) is 0. The van der Waals surface area contributed by atoms with Gasteiger partial charge in [-0.1, -0.05) is 18.2 Å². The minimum absolute atomic E-state index is 0.305. The first kappa shape index (κ1) is 9.09. The molecule has 0 amide bonds. The molecule has 1 aromatic heterocycles. The lowest BCUT2D eigenvalue weighted by molar-refractivity contribution is 0.614. The fraction of sp³-hybridized carbons (Fsp3) is 0. The monoisotopic (exact) mass is 213 g/mol. The molecule has 3 heteroatoms. The highest BCUT2D eigenvalue weighted by Gasteiger charge is 2.07. The summed E-state index contributed by atoms with van der Waals surface area (Å²) in [6.45, 7) is 0. The van der Waals surface area contributed by atoms with Gasteiger partial charge in [-0.05, 0) is 24.3 Å². The number of hydrogen-bond acceptors (Lipinski definition) is 2. The summed E-state index contributed by atoms with van der Waals surface area (Å²) in [5, 5.41) is 0. The van der Waals surface area contributed by atoms with Crippen LogP contribution in [-0.4, -0.2) is 4.98 Å². The predicted octanol–water partition coefficient (Wildman–Crippen LogP) is 3.63. The Hall–Kier alpha value is -2.16. The summed E-state index contributed by atoms with van der Waals surface area (Å²) in [4.78, 5) is 4.24. The van der Waals surface area contributed by atoms with Gasteiger partial charge in [-0.2, -0.15) is 0 Å². The zero-order valence-corrected chi connectivity index (χ0v) is 8.35. The number of rotatable bonds is 1. The van der Waals surface area contributed by atoms with Gasteiger partial charge in [-0.15, -0.1) is 0 Å². The lowest BCUT2D eigenvalue weighted by atomic mass is 10.2. The van der Waals surface area contributed by atoms with E-state index in [0.717, 1.165) is 5.56 Å². The zero-order chi connectivity index (χ0) is 11.0. The van der Waals surface area contributed by atoms with Gasteiger partial charge in [-0.3, -0.25) is 0 Å². The van der Waals surface area contributed by atoms with Crippen LogP contribution in [0.4, 0.5) is 4.39 Å². The van der Waals surface area contributed by atoms with Crippen molar-refractivity contribution in [2.45, 2.75) is 0 Å². The predicted molar refractivity (Wildman–Crippen MR) is 59.4 cm³/mol. The molecule has 1 heterocycles. The van der Waals surface area contributed by atoms with Crippen LogP contribution in [0.2, 0.25) is 0 Å². The number of oxazole rings is 1. The molecule has 3 aromatic rings. The molecule has 0 atom stereocenters. The second-order valence-corrected chi connectivity index (χ2v) is 3.50. The van der Waals surface area contributed by atoms with Crippen LogP contribution in [0.15, 0.2) is 52.9 Å². The molecular formula is C13H8FNO. The van der Waals surface area contributed by atoms with Crippen LogP contribution in [0.25, 0.3) is 22.6 Å². The average molecular weight is 213 g/mol. The van der Waals surface area contributed by atoms with E-state index in [2.05, 4.69) is 4.98 Å². The molecule has 0 bridgehead atoms. The molecule has 2 nitrogen and oxygen atoms in total. The highest BCUT2D eigenvalue weighted by molar-refractivity contribution is 5.76. The Balaban J connectivity index is 2.19. The molecule has 0 fully saturated rings. The highest BCUT2D eigenvalue weighted by Crippen LogP contribution is 2.24. The first-order chi connectivity index (χ1) is 7.83. The summed E-state index contributed by atoms with van der Waals surface area (Å²) in [6.07, 6.45) is 0. The number of benzene rings is 2. The molecule has 78 valence electrons. The fourth-order valence-electron chi connectivity index (χ4n) is 1.60. The summed E-state index contributed by atoms with van der Waals surface area (Å²) >= 11 is 0. The van der Waals surface area contributed by atoms with E-state index in [1.165, 1.54) is 12.1 Å². The summed E-state index contributed by atoms with van der Waals surface area (Å²) in [6, 6.07) is 13.9. The third-order valence-corrected chi connectivity index (χ3v) is 2.37. The molecule has 0 spiro atoms. The number of halogens is 1. The first-order valence-corrected chi connectivity index (χ1v) is 4.94. The maximum atomic E-state index is 13.0. The fourth-order valence-corrected chi connectivity index (χ4v) is 1.60. The summed E-state index contributed by atoms with van der Waals surface area (Å²) in [5.41, 5.74) is 2.03. The molecule has 0 radical (unpaired) electrons. The van der Waals surface area contributed by atoms with Crippen LogP contribution < -0.4 is 0 Å². The van der Waals surface area contributed by atoms with Crippen molar-refractivity contribution >= 4 is 11.1 Å². The minimum Gasteiger partial charge on any atom is -0.436 e.